The summed E-state index contributed by atoms with van der Waals surface area (Å²) in [6.07, 6.45) is 5.07. The lowest BCUT2D eigenvalue weighted by molar-refractivity contribution is 0.0482. The van der Waals surface area contributed by atoms with Gasteiger partial charge in [-0.3, -0.25) is 0 Å². The van der Waals surface area contributed by atoms with Gasteiger partial charge in [-0.15, -0.1) is 0 Å². The van der Waals surface area contributed by atoms with Gasteiger partial charge >= 0.3 is 0 Å². The van der Waals surface area contributed by atoms with Crippen molar-refractivity contribution >= 4 is 0 Å². The highest BCUT2D eigenvalue weighted by Gasteiger charge is 2.41. The number of rotatable bonds is 11. The molecule has 0 aromatic carbocycles. The molecule has 1 saturated carbocycles. The highest BCUT2D eigenvalue weighted by molar-refractivity contribution is 5.13. The Labute approximate surface area is 122 Å². The van der Waals surface area contributed by atoms with E-state index in [-0.39, 0.29) is 5.54 Å². The van der Waals surface area contributed by atoms with Gasteiger partial charge in [0, 0.05) is 26.9 Å². The molecule has 0 aliphatic heterocycles. The summed E-state index contributed by atoms with van der Waals surface area (Å²) in [4.78, 5) is 0. The minimum Gasteiger partial charge on any atom is -0.382 e. The Morgan fingerprint density at radius 2 is 1.95 bits per heavy atom. The number of hydrogen-bond donors (Lipinski definition) is 1. The molecular formula is C15H28N2O3. The van der Waals surface area contributed by atoms with Crippen LogP contribution in [0.1, 0.15) is 32.1 Å². The Balaban J connectivity index is 2.03. The van der Waals surface area contributed by atoms with E-state index in [1.165, 1.54) is 0 Å². The summed E-state index contributed by atoms with van der Waals surface area (Å²) in [5, 5.41) is 12.6. The standard InChI is InChI=1S/C15H28N2O3/c1-17-15(13-16)7-3-5-14(15)6-10-19-8-4-9-20-12-11-18-2/h14,17H,3-12H2,1-2H3. The monoisotopic (exact) mass is 284 g/mol. The zero-order valence-electron chi connectivity index (χ0n) is 12.8. The van der Waals surface area contributed by atoms with E-state index in [0.717, 1.165) is 45.3 Å². The molecule has 0 bridgehead atoms. The second-order valence-corrected chi connectivity index (χ2v) is 5.28. The van der Waals surface area contributed by atoms with E-state index < -0.39 is 0 Å². The van der Waals surface area contributed by atoms with Crippen molar-refractivity contribution < 1.29 is 14.2 Å². The van der Waals surface area contributed by atoms with Crippen LogP contribution in [0.2, 0.25) is 0 Å². The molecule has 0 radical (unpaired) electrons. The Hall–Kier alpha value is -0.670. The molecule has 20 heavy (non-hydrogen) atoms. The van der Waals surface area contributed by atoms with Crippen LogP contribution in [0, 0.1) is 17.2 Å². The lowest BCUT2D eigenvalue weighted by atomic mass is 9.86. The van der Waals surface area contributed by atoms with Gasteiger partial charge in [0.25, 0.3) is 0 Å². The number of nitrogens with one attached hydrogen (secondary N) is 1. The minimum absolute atomic E-state index is 0.327. The van der Waals surface area contributed by atoms with Crippen molar-refractivity contribution in [2.75, 3.05) is 47.2 Å². The fourth-order valence-electron chi connectivity index (χ4n) is 2.84. The van der Waals surface area contributed by atoms with E-state index in [9.17, 15) is 5.26 Å². The Kier molecular flexibility index (Phi) is 8.79. The van der Waals surface area contributed by atoms with Crippen LogP contribution >= 0.6 is 0 Å². The first-order chi connectivity index (χ1) is 9.79. The fraction of sp³-hybridized carbons (Fsp3) is 0.933. The van der Waals surface area contributed by atoms with E-state index in [0.29, 0.717) is 25.7 Å². The number of nitrogens with zero attached hydrogens (tertiary/aromatic N) is 1. The van der Waals surface area contributed by atoms with Crippen molar-refractivity contribution in [1.29, 1.82) is 5.26 Å². The SMILES string of the molecule is CNC1(C#N)CCCC1CCOCCCOCCOC. The maximum atomic E-state index is 9.35. The summed E-state index contributed by atoms with van der Waals surface area (Å²) in [5.74, 6) is 0.412. The normalized spacial score (nSPS) is 25.8. The third kappa shape index (κ3) is 5.37. The van der Waals surface area contributed by atoms with Crippen LogP contribution in [-0.4, -0.2) is 52.7 Å². The summed E-state index contributed by atoms with van der Waals surface area (Å²) >= 11 is 0. The van der Waals surface area contributed by atoms with Gasteiger partial charge < -0.3 is 19.5 Å². The van der Waals surface area contributed by atoms with Crippen LogP contribution < -0.4 is 5.32 Å². The quantitative estimate of drug-likeness (QED) is 0.585. The zero-order chi connectivity index (χ0) is 14.7. The summed E-state index contributed by atoms with van der Waals surface area (Å²) in [6, 6.07) is 2.46. The van der Waals surface area contributed by atoms with Gasteiger partial charge in [0.15, 0.2) is 0 Å². The first-order valence-corrected chi connectivity index (χ1v) is 7.53. The molecule has 1 rings (SSSR count). The maximum absolute atomic E-state index is 9.35. The summed E-state index contributed by atoms with van der Waals surface area (Å²) < 4.78 is 15.9. The van der Waals surface area contributed by atoms with Gasteiger partial charge in [-0.2, -0.15) is 5.26 Å². The first-order valence-electron chi connectivity index (χ1n) is 7.53. The van der Waals surface area contributed by atoms with E-state index in [4.69, 9.17) is 14.2 Å². The number of methoxy groups -OCH3 is 1. The molecule has 1 fully saturated rings. The van der Waals surface area contributed by atoms with Gasteiger partial charge in [0.2, 0.25) is 0 Å². The molecule has 1 N–H and O–H groups in total. The molecule has 0 aromatic rings. The lowest BCUT2D eigenvalue weighted by Crippen LogP contribution is -2.45. The molecule has 116 valence electrons. The molecule has 2 unspecified atom stereocenters. The van der Waals surface area contributed by atoms with Crippen LogP contribution in [0.25, 0.3) is 0 Å². The molecule has 0 amide bonds. The van der Waals surface area contributed by atoms with Crippen LogP contribution in [-0.2, 0) is 14.2 Å². The highest BCUT2D eigenvalue weighted by Crippen LogP contribution is 2.37. The van der Waals surface area contributed by atoms with Gasteiger partial charge in [-0.1, -0.05) is 6.42 Å². The first kappa shape index (κ1) is 17.4. The predicted molar refractivity (Wildman–Crippen MR) is 77.5 cm³/mol. The van der Waals surface area contributed by atoms with Crippen molar-refractivity contribution in [3.05, 3.63) is 0 Å². The molecule has 0 spiro atoms. The Morgan fingerprint density at radius 3 is 2.60 bits per heavy atom. The molecule has 5 heteroatoms. The molecule has 5 nitrogen and oxygen atoms in total. The summed E-state index contributed by atoms with van der Waals surface area (Å²) in [6.45, 7) is 3.45. The van der Waals surface area contributed by atoms with Crippen molar-refractivity contribution in [3.8, 4) is 6.07 Å². The molecule has 0 saturated heterocycles. The minimum atomic E-state index is -0.327. The predicted octanol–water partition coefficient (Wildman–Crippen LogP) is 1.73. The zero-order valence-corrected chi connectivity index (χ0v) is 12.8. The third-order valence-electron chi connectivity index (χ3n) is 4.09. The van der Waals surface area contributed by atoms with Crippen LogP contribution in [0.15, 0.2) is 0 Å². The van der Waals surface area contributed by atoms with Gasteiger partial charge in [0.05, 0.1) is 19.3 Å². The van der Waals surface area contributed by atoms with Gasteiger partial charge in [-0.05, 0) is 38.6 Å². The average molecular weight is 284 g/mol. The second kappa shape index (κ2) is 10.1. The van der Waals surface area contributed by atoms with E-state index in [2.05, 4.69) is 11.4 Å². The summed E-state index contributed by atoms with van der Waals surface area (Å²) in [7, 11) is 3.56. The van der Waals surface area contributed by atoms with E-state index >= 15 is 0 Å². The number of hydrogen-bond acceptors (Lipinski definition) is 5. The van der Waals surface area contributed by atoms with E-state index in [1.807, 2.05) is 7.05 Å². The van der Waals surface area contributed by atoms with Crippen molar-refractivity contribution in [2.24, 2.45) is 5.92 Å². The Morgan fingerprint density at radius 1 is 1.20 bits per heavy atom. The summed E-state index contributed by atoms with van der Waals surface area (Å²) in [5.41, 5.74) is -0.327. The molecule has 0 aromatic heterocycles. The number of nitriles is 1. The van der Waals surface area contributed by atoms with Gasteiger partial charge in [-0.25, -0.2) is 0 Å². The van der Waals surface area contributed by atoms with Crippen molar-refractivity contribution in [2.45, 2.75) is 37.6 Å². The third-order valence-corrected chi connectivity index (χ3v) is 4.09. The van der Waals surface area contributed by atoms with Crippen LogP contribution in [0.5, 0.6) is 0 Å². The van der Waals surface area contributed by atoms with Crippen LogP contribution in [0.3, 0.4) is 0 Å². The Bertz CT molecular complexity index is 293. The average Bonchev–Trinajstić information content (AvgIpc) is 2.89. The van der Waals surface area contributed by atoms with E-state index in [1.54, 1.807) is 7.11 Å². The molecule has 2 atom stereocenters. The lowest BCUT2D eigenvalue weighted by Gasteiger charge is -2.28. The molecular weight excluding hydrogens is 256 g/mol. The fourth-order valence-corrected chi connectivity index (χ4v) is 2.84. The smallest absolute Gasteiger partial charge is 0.109 e. The number of ether oxygens (including phenoxy) is 3. The molecule has 1 aliphatic carbocycles. The van der Waals surface area contributed by atoms with Crippen molar-refractivity contribution in [3.63, 3.8) is 0 Å². The van der Waals surface area contributed by atoms with Crippen LogP contribution in [0.4, 0.5) is 0 Å². The molecule has 0 heterocycles. The second-order valence-electron chi connectivity index (χ2n) is 5.28. The highest BCUT2D eigenvalue weighted by atomic mass is 16.5. The largest absolute Gasteiger partial charge is 0.382 e. The topological polar surface area (TPSA) is 63.5 Å². The van der Waals surface area contributed by atoms with Crippen molar-refractivity contribution in [1.82, 2.24) is 5.32 Å². The maximum Gasteiger partial charge on any atom is 0.109 e. The van der Waals surface area contributed by atoms with Gasteiger partial charge in [0.1, 0.15) is 5.54 Å². The molecule has 1 aliphatic rings.